The van der Waals surface area contributed by atoms with Crippen molar-refractivity contribution in [1.82, 2.24) is 5.32 Å². The summed E-state index contributed by atoms with van der Waals surface area (Å²) in [6.45, 7) is 0.849. The third-order valence-electron chi connectivity index (χ3n) is 4.23. The number of phenols is 1. The van der Waals surface area contributed by atoms with Crippen LogP contribution in [-0.2, 0) is 19.4 Å². The van der Waals surface area contributed by atoms with Gasteiger partial charge in [0.1, 0.15) is 0 Å². The van der Waals surface area contributed by atoms with Gasteiger partial charge in [0.15, 0.2) is 5.75 Å². The summed E-state index contributed by atoms with van der Waals surface area (Å²) < 4.78 is 0. The molecular weight excluding hydrogens is 296 g/mol. The highest BCUT2D eigenvalue weighted by Gasteiger charge is 2.22. The Morgan fingerprint density at radius 2 is 2.00 bits per heavy atom. The summed E-state index contributed by atoms with van der Waals surface area (Å²) in [5.74, 6) is -0.316. The normalized spacial score (nSPS) is 16.8. The van der Waals surface area contributed by atoms with Crippen LogP contribution in [-0.4, -0.2) is 21.7 Å². The molecule has 2 aromatic rings. The van der Waals surface area contributed by atoms with Crippen molar-refractivity contribution in [3.05, 3.63) is 68.8 Å². The van der Waals surface area contributed by atoms with Gasteiger partial charge in [0.05, 0.1) is 11.5 Å². The fraction of sp³-hybridized carbons (Fsp3) is 0.294. The number of fused-ring (bicyclic) bond motifs is 1. The predicted molar refractivity (Wildman–Crippen MR) is 85.3 cm³/mol. The van der Waals surface area contributed by atoms with E-state index in [1.165, 1.54) is 17.7 Å². The van der Waals surface area contributed by atoms with Gasteiger partial charge in [0, 0.05) is 12.1 Å². The van der Waals surface area contributed by atoms with Crippen LogP contribution in [0.5, 0.6) is 5.75 Å². The fourth-order valence-corrected chi connectivity index (χ4v) is 3.06. The minimum Gasteiger partial charge on any atom is -0.502 e. The third kappa shape index (κ3) is 3.18. The number of benzene rings is 2. The van der Waals surface area contributed by atoms with Crippen LogP contribution < -0.4 is 5.32 Å². The lowest BCUT2D eigenvalue weighted by Crippen LogP contribution is -2.31. The molecule has 2 aromatic carbocycles. The zero-order chi connectivity index (χ0) is 16.4. The second-order valence-corrected chi connectivity index (χ2v) is 5.73. The molecule has 120 valence electrons. The van der Waals surface area contributed by atoms with E-state index in [2.05, 4.69) is 5.32 Å². The Morgan fingerprint density at radius 1 is 1.22 bits per heavy atom. The molecule has 6 heteroatoms. The van der Waals surface area contributed by atoms with Crippen LogP contribution in [0.15, 0.2) is 36.4 Å². The van der Waals surface area contributed by atoms with Crippen LogP contribution in [0, 0.1) is 10.1 Å². The van der Waals surface area contributed by atoms with E-state index in [1.54, 1.807) is 6.07 Å². The summed E-state index contributed by atoms with van der Waals surface area (Å²) >= 11 is 0. The van der Waals surface area contributed by atoms with E-state index in [0.717, 1.165) is 29.7 Å². The number of hydrogen-bond acceptors (Lipinski definition) is 5. The molecule has 0 amide bonds. The number of nitrogens with zero attached hydrogens (tertiary/aromatic N) is 1. The maximum atomic E-state index is 10.9. The smallest absolute Gasteiger partial charge is 0.310 e. The van der Waals surface area contributed by atoms with Gasteiger partial charge in [-0.1, -0.05) is 24.3 Å². The number of nitro groups is 1. The van der Waals surface area contributed by atoms with Gasteiger partial charge in [-0.15, -0.1) is 0 Å². The van der Waals surface area contributed by atoms with E-state index in [4.69, 9.17) is 0 Å². The number of phenolic OH excluding ortho intramolecular Hbond substituents is 1. The van der Waals surface area contributed by atoms with E-state index >= 15 is 0 Å². The fourth-order valence-electron chi connectivity index (χ4n) is 3.06. The molecular formula is C17H18N2O4. The first-order valence-corrected chi connectivity index (χ1v) is 7.50. The minimum absolute atomic E-state index is 0.0233. The van der Waals surface area contributed by atoms with Gasteiger partial charge in [0.2, 0.25) is 0 Å². The lowest BCUT2D eigenvalue weighted by Gasteiger charge is -2.27. The van der Waals surface area contributed by atoms with Crippen molar-refractivity contribution in [1.29, 1.82) is 0 Å². The molecule has 1 heterocycles. The molecule has 1 aliphatic heterocycles. The van der Waals surface area contributed by atoms with Crippen LogP contribution in [0.25, 0.3) is 0 Å². The molecule has 0 spiro atoms. The van der Waals surface area contributed by atoms with E-state index in [0.29, 0.717) is 6.42 Å². The first kappa shape index (κ1) is 15.5. The van der Waals surface area contributed by atoms with Crippen molar-refractivity contribution in [2.24, 2.45) is 0 Å². The highest BCUT2D eigenvalue weighted by molar-refractivity contribution is 5.48. The lowest BCUT2D eigenvalue weighted by atomic mass is 9.89. The van der Waals surface area contributed by atoms with Gasteiger partial charge in [-0.2, -0.15) is 0 Å². The van der Waals surface area contributed by atoms with Gasteiger partial charge in [-0.25, -0.2) is 0 Å². The van der Waals surface area contributed by atoms with Crippen LogP contribution in [0.3, 0.4) is 0 Å². The number of rotatable bonds is 4. The molecule has 0 saturated heterocycles. The van der Waals surface area contributed by atoms with Crippen molar-refractivity contribution in [2.45, 2.75) is 25.5 Å². The largest absolute Gasteiger partial charge is 0.502 e. The van der Waals surface area contributed by atoms with Crippen LogP contribution in [0.4, 0.5) is 5.69 Å². The second-order valence-electron chi connectivity index (χ2n) is 5.73. The maximum Gasteiger partial charge on any atom is 0.310 e. The van der Waals surface area contributed by atoms with Gasteiger partial charge >= 0.3 is 5.69 Å². The summed E-state index contributed by atoms with van der Waals surface area (Å²) in [4.78, 5) is 10.4. The first-order chi connectivity index (χ1) is 11.1. The highest BCUT2D eigenvalue weighted by atomic mass is 16.6. The maximum absolute atomic E-state index is 10.9. The summed E-state index contributed by atoms with van der Waals surface area (Å²) in [6, 6.07) is 10.5. The molecule has 1 atom stereocenters. The molecule has 3 rings (SSSR count). The van der Waals surface area contributed by atoms with E-state index in [1.807, 2.05) is 18.2 Å². The molecule has 0 bridgehead atoms. The van der Waals surface area contributed by atoms with Crippen molar-refractivity contribution >= 4 is 5.69 Å². The number of aliphatic hydroxyl groups excluding tert-OH is 1. The molecule has 0 saturated carbocycles. The Morgan fingerprint density at radius 3 is 2.74 bits per heavy atom. The Bertz CT molecular complexity index is 745. The molecule has 0 unspecified atom stereocenters. The molecule has 1 aliphatic rings. The zero-order valence-corrected chi connectivity index (χ0v) is 12.5. The third-order valence-corrected chi connectivity index (χ3v) is 4.23. The summed E-state index contributed by atoms with van der Waals surface area (Å²) in [5, 5.41) is 33.2. The number of aliphatic hydroxyl groups is 1. The van der Waals surface area contributed by atoms with E-state index in [-0.39, 0.29) is 24.1 Å². The van der Waals surface area contributed by atoms with Crippen molar-refractivity contribution in [3.8, 4) is 5.75 Å². The topological polar surface area (TPSA) is 95.6 Å². The Kier molecular flexibility index (Phi) is 4.27. The molecule has 3 N–H and O–H groups in total. The van der Waals surface area contributed by atoms with Crippen LogP contribution in [0.1, 0.15) is 28.3 Å². The molecule has 23 heavy (non-hydrogen) atoms. The van der Waals surface area contributed by atoms with Gasteiger partial charge in [-0.05, 0) is 47.7 Å². The monoisotopic (exact) mass is 314 g/mol. The standard InChI is InChI=1S/C17H18N2O4/c20-10-12-1-3-14-13(7-12)5-6-18-15(14)8-11-2-4-17(21)16(9-11)19(22)23/h1-4,7,9,15,18,20-21H,5-6,8,10H2/t15-/m0/s1. The summed E-state index contributed by atoms with van der Waals surface area (Å²) in [6.07, 6.45) is 1.50. The number of nitrogens with one attached hydrogen (secondary N) is 1. The molecule has 0 radical (unpaired) electrons. The van der Waals surface area contributed by atoms with Crippen molar-refractivity contribution in [2.75, 3.05) is 6.54 Å². The predicted octanol–water partition coefficient (Wildman–Crippen LogP) is 2.22. The summed E-state index contributed by atoms with van der Waals surface area (Å²) in [7, 11) is 0. The van der Waals surface area contributed by atoms with Gasteiger partial charge in [-0.3, -0.25) is 10.1 Å². The van der Waals surface area contributed by atoms with Crippen LogP contribution in [0.2, 0.25) is 0 Å². The highest BCUT2D eigenvalue weighted by Crippen LogP contribution is 2.31. The molecule has 0 aliphatic carbocycles. The van der Waals surface area contributed by atoms with Gasteiger partial charge in [0.25, 0.3) is 0 Å². The number of aromatic hydroxyl groups is 1. The molecule has 6 nitrogen and oxygen atoms in total. The quantitative estimate of drug-likeness (QED) is 0.594. The summed E-state index contributed by atoms with van der Waals surface area (Å²) in [5.41, 5.74) is 3.78. The zero-order valence-electron chi connectivity index (χ0n) is 12.5. The average molecular weight is 314 g/mol. The molecule has 0 fully saturated rings. The van der Waals surface area contributed by atoms with Crippen LogP contribution >= 0.6 is 0 Å². The Balaban J connectivity index is 1.88. The number of nitro benzene ring substituents is 1. The Hall–Kier alpha value is -2.44. The minimum atomic E-state index is -0.575. The number of hydrogen-bond donors (Lipinski definition) is 3. The lowest BCUT2D eigenvalue weighted by molar-refractivity contribution is -0.385. The van der Waals surface area contributed by atoms with E-state index in [9.17, 15) is 20.3 Å². The van der Waals surface area contributed by atoms with E-state index < -0.39 is 4.92 Å². The average Bonchev–Trinajstić information content (AvgIpc) is 2.56. The SMILES string of the molecule is O=[N+]([O-])c1cc(C[C@@H]2NCCc3cc(CO)ccc32)ccc1O. The Labute approximate surface area is 133 Å². The van der Waals surface area contributed by atoms with Crippen molar-refractivity contribution in [3.63, 3.8) is 0 Å². The molecule has 0 aromatic heterocycles. The van der Waals surface area contributed by atoms with Crippen molar-refractivity contribution < 1.29 is 15.1 Å². The first-order valence-electron chi connectivity index (χ1n) is 7.50. The second kappa shape index (κ2) is 6.36. The van der Waals surface area contributed by atoms with Gasteiger partial charge < -0.3 is 15.5 Å².